The molecule has 0 saturated carbocycles. The molecule has 0 aliphatic rings. The zero-order chi connectivity index (χ0) is 11.5. The third kappa shape index (κ3) is 4.52. The predicted octanol–water partition coefficient (Wildman–Crippen LogP) is 4.25. The number of hydrogen-bond donors (Lipinski definition) is 0. The summed E-state index contributed by atoms with van der Waals surface area (Å²) in [4.78, 5) is 0. The van der Waals surface area contributed by atoms with Crippen LogP contribution in [0.5, 0.6) is 0 Å². The lowest BCUT2D eigenvalue weighted by Gasteiger charge is -2.13. The van der Waals surface area contributed by atoms with Crippen molar-refractivity contribution < 1.29 is 0 Å². The quantitative estimate of drug-likeness (QED) is 0.537. The van der Waals surface area contributed by atoms with Crippen LogP contribution in [0.25, 0.3) is 0 Å². The van der Waals surface area contributed by atoms with Crippen molar-refractivity contribution >= 4 is 17.7 Å². The molecule has 0 N–H and O–H groups in total. The first-order valence-electron chi connectivity index (χ1n) is 5.18. The van der Waals surface area contributed by atoms with Gasteiger partial charge in [-0.25, -0.2) is 4.40 Å². The maximum Gasteiger partial charge on any atom is 0.0528 e. The van der Waals surface area contributed by atoms with E-state index >= 15 is 0 Å². The average molecular weight is 221 g/mol. The van der Waals surface area contributed by atoms with E-state index in [9.17, 15) is 0 Å². The van der Waals surface area contributed by atoms with Gasteiger partial charge < -0.3 is 0 Å². The third-order valence-corrected chi connectivity index (χ3v) is 2.81. The lowest BCUT2D eigenvalue weighted by atomic mass is 10.1. The molecular formula is C13H19NS. The van der Waals surface area contributed by atoms with Gasteiger partial charge in [0.05, 0.1) is 5.71 Å². The van der Waals surface area contributed by atoms with Gasteiger partial charge in [0, 0.05) is 4.75 Å². The van der Waals surface area contributed by atoms with Crippen LogP contribution in [-0.2, 0) is 0 Å². The fourth-order valence-corrected chi connectivity index (χ4v) is 1.64. The molecule has 1 rings (SSSR count). The smallest absolute Gasteiger partial charge is 0.0528 e. The Labute approximate surface area is 97.1 Å². The summed E-state index contributed by atoms with van der Waals surface area (Å²) in [5.41, 5.74) is 3.59. The molecule has 0 saturated heterocycles. The van der Waals surface area contributed by atoms with Crippen LogP contribution in [0, 0.1) is 6.92 Å². The zero-order valence-electron chi connectivity index (χ0n) is 10.2. The Morgan fingerprint density at radius 3 is 2.47 bits per heavy atom. The Morgan fingerprint density at radius 2 is 1.93 bits per heavy atom. The first-order chi connectivity index (χ1) is 6.88. The summed E-state index contributed by atoms with van der Waals surface area (Å²) in [6.07, 6.45) is 0. The van der Waals surface area contributed by atoms with Gasteiger partial charge in [-0.2, -0.15) is 0 Å². The van der Waals surface area contributed by atoms with Crippen molar-refractivity contribution in [3.05, 3.63) is 35.4 Å². The summed E-state index contributed by atoms with van der Waals surface area (Å²) < 4.78 is 4.73. The van der Waals surface area contributed by atoms with E-state index in [1.165, 1.54) is 11.1 Å². The molecule has 0 spiro atoms. The van der Waals surface area contributed by atoms with Gasteiger partial charge in [-0.05, 0) is 52.1 Å². The van der Waals surface area contributed by atoms with E-state index in [0.717, 1.165) is 5.71 Å². The maximum absolute atomic E-state index is 4.54. The summed E-state index contributed by atoms with van der Waals surface area (Å²) >= 11 is 1.63. The maximum atomic E-state index is 4.54. The van der Waals surface area contributed by atoms with Gasteiger partial charge in [-0.15, -0.1) is 0 Å². The van der Waals surface area contributed by atoms with Crippen LogP contribution >= 0.6 is 11.9 Å². The molecule has 0 aliphatic carbocycles. The second kappa shape index (κ2) is 4.84. The Bertz CT molecular complexity index is 361. The topological polar surface area (TPSA) is 12.4 Å². The average Bonchev–Trinajstić information content (AvgIpc) is 2.13. The molecular weight excluding hydrogens is 202 g/mol. The molecule has 82 valence electrons. The minimum atomic E-state index is 0.186. The summed E-state index contributed by atoms with van der Waals surface area (Å²) in [5, 5.41) is 0. The van der Waals surface area contributed by atoms with Crippen molar-refractivity contribution in [2.75, 3.05) is 0 Å². The fraction of sp³-hybridized carbons (Fsp3) is 0.462. The molecule has 1 aromatic rings. The minimum absolute atomic E-state index is 0.186. The number of benzene rings is 1. The molecule has 2 heteroatoms. The van der Waals surface area contributed by atoms with Crippen LogP contribution in [0.4, 0.5) is 0 Å². The molecule has 0 heterocycles. The molecule has 1 aromatic carbocycles. The molecule has 0 aliphatic heterocycles. The van der Waals surface area contributed by atoms with E-state index in [4.69, 9.17) is 0 Å². The van der Waals surface area contributed by atoms with Crippen molar-refractivity contribution in [1.29, 1.82) is 0 Å². The summed E-state index contributed by atoms with van der Waals surface area (Å²) in [5.74, 6) is 0. The van der Waals surface area contributed by atoms with Gasteiger partial charge in [-0.1, -0.05) is 29.8 Å². The second-order valence-corrected chi connectivity index (χ2v) is 6.34. The minimum Gasteiger partial charge on any atom is -0.220 e. The molecule has 15 heavy (non-hydrogen) atoms. The summed E-state index contributed by atoms with van der Waals surface area (Å²) in [6, 6.07) is 8.45. The number of nitrogens with zero attached hydrogens (tertiary/aromatic N) is 1. The molecule has 0 aromatic heterocycles. The molecule has 0 radical (unpaired) electrons. The van der Waals surface area contributed by atoms with Gasteiger partial charge in [0.2, 0.25) is 0 Å². The highest BCUT2D eigenvalue weighted by molar-refractivity contribution is 7.99. The fourth-order valence-electron chi connectivity index (χ4n) is 1.13. The third-order valence-electron chi connectivity index (χ3n) is 1.89. The standard InChI is InChI=1S/C13H19NS/c1-10-7-6-8-12(9-10)11(2)14-15-13(3,4)5/h6-9H,1-5H3/b14-11+. The Kier molecular flexibility index (Phi) is 3.97. The Morgan fingerprint density at radius 1 is 1.27 bits per heavy atom. The van der Waals surface area contributed by atoms with E-state index < -0.39 is 0 Å². The highest BCUT2D eigenvalue weighted by atomic mass is 32.2. The van der Waals surface area contributed by atoms with Crippen molar-refractivity contribution in [2.45, 2.75) is 39.4 Å². The van der Waals surface area contributed by atoms with Crippen LogP contribution < -0.4 is 0 Å². The van der Waals surface area contributed by atoms with E-state index in [-0.39, 0.29) is 4.75 Å². The lowest BCUT2D eigenvalue weighted by molar-refractivity contribution is 0.804. The van der Waals surface area contributed by atoms with E-state index in [1.54, 1.807) is 11.9 Å². The summed E-state index contributed by atoms with van der Waals surface area (Å²) in [6.45, 7) is 10.7. The number of hydrogen-bond acceptors (Lipinski definition) is 2. The van der Waals surface area contributed by atoms with Crippen LogP contribution in [0.2, 0.25) is 0 Å². The van der Waals surface area contributed by atoms with Crippen LogP contribution in [0.3, 0.4) is 0 Å². The SMILES string of the molecule is C/C(=N\SC(C)(C)C)c1cccc(C)c1. The molecule has 0 amide bonds. The van der Waals surface area contributed by atoms with Crippen molar-refractivity contribution in [1.82, 2.24) is 0 Å². The second-order valence-electron chi connectivity index (χ2n) is 4.75. The van der Waals surface area contributed by atoms with Crippen LogP contribution in [-0.4, -0.2) is 10.5 Å². The largest absolute Gasteiger partial charge is 0.220 e. The molecule has 0 unspecified atom stereocenters. The lowest BCUT2D eigenvalue weighted by Crippen LogP contribution is -2.06. The van der Waals surface area contributed by atoms with Crippen molar-refractivity contribution in [3.63, 3.8) is 0 Å². The Balaban J connectivity index is 2.80. The highest BCUT2D eigenvalue weighted by Gasteiger charge is 2.10. The molecule has 0 fully saturated rings. The number of rotatable bonds is 2. The van der Waals surface area contributed by atoms with Crippen LogP contribution in [0.1, 0.15) is 38.8 Å². The molecule has 0 atom stereocenters. The van der Waals surface area contributed by atoms with Gasteiger partial charge in [-0.3, -0.25) is 0 Å². The first-order valence-corrected chi connectivity index (χ1v) is 5.96. The Hall–Kier alpha value is -0.760. The van der Waals surface area contributed by atoms with Crippen molar-refractivity contribution in [2.24, 2.45) is 4.40 Å². The predicted molar refractivity (Wildman–Crippen MR) is 70.7 cm³/mol. The van der Waals surface area contributed by atoms with Gasteiger partial charge in [0.25, 0.3) is 0 Å². The zero-order valence-corrected chi connectivity index (χ0v) is 11.0. The normalized spacial score (nSPS) is 13.0. The molecule has 0 bridgehead atoms. The number of aryl methyl sites for hydroxylation is 1. The molecule has 1 nitrogen and oxygen atoms in total. The van der Waals surface area contributed by atoms with Crippen molar-refractivity contribution in [3.8, 4) is 0 Å². The first kappa shape index (κ1) is 12.3. The van der Waals surface area contributed by atoms with E-state index in [2.05, 4.69) is 63.3 Å². The van der Waals surface area contributed by atoms with E-state index in [1.807, 2.05) is 0 Å². The summed E-state index contributed by atoms with van der Waals surface area (Å²) in [7, 11) is 0. The van der Waals surface area contributed by atoms with Gasteiger partial charge in [0.15, 0.2) is 0 Å². The highest BCUT2D eigenvalue weighted by Crippen LogP contribution is 2.25. The van der Waals surface area contributed by atoms with E-state index in [0.29, 0.717) is 0 Å². The van der Waals surface area contributed by atoms with Gasteiger partial charge in [0.1, 0.15) is 0 Å². The van der Waals surface area contributed by atoms with Crippen LogP contribution in [0.15, 0.2) is 28.7 Å². The monoisotopic (exact) mass is 221 g/mol. The van der Waals surface area contributed by atoms with Gasteiger partial charge >= 0.3 is 0 Å².